The maximum absolute atomic E-state index is 11.9. The lowest BCUT2D eigenvalue weighted by Gasteiger charge is -2.29. The number of hydrogen-bond donors (Lipinski definition) is 3. The number of alkyl halides is 3. The summed E-state index contributed by atoms with van der Waals surface area (Å²) in [5, 5.41) is 0. The van der Waals surface area contributed by atoms with Crippen LogP contribution < -0.4 is 15.2 Å². The normalized spacial score (nSPS) is 27.1. The monoisotopic (exact) mass is 275 g/mol. The minimum absolute atomic E-state index is 0.341. The van der Waals surface area contributed by atoms with Crippen LogP contribution in [0.3, 0.4) is 0 Å². The lowest BCUT2D eigenvalue weighted by molar-refractivity contribution is -0.121. The fourth-order valence-electron chi connectivity index (χ4n) is 1.72. The molecule has 0 bridgehead atoms. The number of nitrogens with two attached hydrogens (primary N) is 1. The van der Waals surface area contributed by atoms with Crippen LogP contribution in [0.15, 0.2) is 0 Å². The van der Waals surface area contributed by atoms with Gasteiger partial charge in [-0.25, -0.2) is 0 Å². The molecule has 0 heterocycles. The first-order valence-electron chi connectivity index (χ1n) is 5.29. The molecule has 1 rings (SSSR count). The lowest BCUT2D eigenvalue weighted by atomic mass is 9.92. The largest absolute Gasteiger partial charge is 0.402 e. The fourth-order valence-corrected chi connectivity index (χ4v) is 2.85. The van der Waals surface area contributed by atoms with Gasteiger partial charge >= 0.3 is 6.18 Å². The zero-order valence-corrected chi connectivity index (χ0v) is 9.94. The Kier molecular flexibility index (Phi) is 4.76. The topological polar surface area (TPSA) is 84.2 Å². The van der Waals surface area contributed by atoms with Crippen molar-refractivity contribution in [1.29, 1.82) is 0 Å². The van der Waals surface area contributed by atoms with Crippen molar-refractivity contribution in [3.63, 3.8) is 0 Å². The highest BCUT2D eigenvalue weighted by atomic mass is 32.2. The molecule has 1 saturated carbocycles. The van der Waals surface area contributed by atoms with Gasteiger partial charge in [0.2, 0.25) is 0 Å². The zero-order valence-electron chi connectivity index (χ0n) is 9.13. The van der Waals surface area contributed by atoms with E-state index in [2.05, 4.69) is 4.72 Å². The first-order valence-corrected chi connectivity index (χ1v) is 6.77. The van der Waals surface area contributed by atoms with E-state index in [1.165, 1.54) is 4.72 Å². The minimum atomic E-state index is -4.57. The van der Waals surface area contributed by atoms with Crippen molar-refractivity contribution in [3.8, 4) is 0 Å². The van der Waals surface area contributed by atoms with Gasteiger partial charge in [-0.3, -0.25) is 0 Å². The van der Waals surface area contributed by atoms with E-state index in [-0.39, 0.29) is 6.04 Å². The van der Waals surface area contributed by atoms with Crippen molar-refractivity contribution in [3.05, 3.63) is 0 Å². The molecule has 0 aromatic rings. The van der Waals surface area contributed by atoms with Gasteiger partial charge in [-0.1, -0.05) is 12.8 Å². The van der Waals surface area contributed by atoms with Gasteiger partial charge in [0.1, 0.15) is 6.54 Å². The van der Waals surface area contributed by atoms with Gasteiger partial charge in [-0.05, 0) is 12.8 Å². The second-order valence-corrected chi connectivity index (χ2v) is 5.64. The Hall–Kier alpha value is -0.380. The molecule has 1 aliphatic rings. The molecule has 2 unspecified atom stereocenters. The first kappa shape index (κ1) is 14.7. The lowest BCUT2D eigenvalue weighted by Crippen LogP contribution is -2.53. The summed E-state index contributed by atoms with van der Waals surface area (Å²) in [4.78, 5) is 0. The Morgan fingerprint density at radius 2 is 1.82 bits per heavy atom. The van der Waals surface area contributed by atoms with Crippen LogP contribution >= 0.6 is 0 Å². The highest BCUT2D eigenvalue weighted by Crippen LogP contribution is 2.17. The van der Waals surface area contributed by atoms with Crippen LogP contribution in [-0.2, 0) is 10.2 Å². The quantitative estimate of drug-likeness (QED) is 0.687. The van der Waals surface area contributed by atoms with Crippen molar-refractivity contribution in [2.24, 2.45) is 5.73 Å². The molecular formula is C8H16F3N3O2S. The molecule has 0 aromatic carbocycles. The van der Waals surface area contributed by atoms with Crippen LogP contribution in [0.2, 0.25) is 0 Å². The van der Waals surface area contributed by atoms with Crippen molar-refractivity contribution in [2.75, 3.05) is 6.54 Å². The maximum atomic E-state index is 11.9. The van der Waals surface area contributed by atoms with Crippen LogP contribution in [0.1, 0.15) is 25.7 Å². The van der Waals surface area contributed by atoms with Crippen LogP contribution in [0.4, 0.5) is 13.2 Å². The standard InChI is InChI=1S/C8H16F3N3O2S/c9-8(10,11)5-13-17(15,16)14-7-4-2-1-3-6(7)12/h6-7,13-14H,1-5,12H2. The summed E-state index contributed by atoms with van der Waals surface area (Å²) in [5.74, 6) is 0. The molecule has 1 fully saturated rings. The van der Waals surface area contributed by atoms with Gasteiger partial charge in [0.25, 0.3) is 10.2 Å². The van der Waals surface area contributed by atoms with Crippen LogP contribution in [0.5, 0.6) is 0 Å². The molecule has 102 valence electrons. The summed E-state index contributed by atoms with van der Waals surface area (Å²) in [5.41, 5.74) is 5.69. The number of nitrogens with one attached hydrogen (secondary N) is 2. The smallest absolute Gasteiger partial charge is 0.326 e. The number of rotatable bonds is 4. The molecule has 17 heavy (non-hydrogen) atoms. The van der Waals surface area contributed by atoms with Gasteiger partial charge in [0, 0.05) is 12.1 Å². The predicted octanol–water partition coefficient (Wildman–Crippen LogP) is 0.243. The predicted molar refractivity (Wildman–Crippen MR) is 56.3 cm³/mol. The number of halogens is 3. The third kappa shape index (κ3) is 5.66. The maximum Gasteiger partial charge on any atom is 0.402 e. The summed E-state index contributed by atoms with van der Waals surface area (Å²) in [6.07, 6.45) is -1.61. The Morgan fingerprint density at radius 3 is 2.35 bits per heavy atom. The molecule has 5 nitrogen and oxygen atoms in total. The van der Waals surface area contributed by atoms with Crippen LogP contribution in [-0.4, -0.2) is 33.2 Å². The molecule has 0 saturated heterocycles. The summed E-state index contributed by atoms with van der Waals surface area (Å²) in [7, 11) is -4.15. The van der Waals surface area contributed by atoms with E-state index in [0.29, 0.717) is 12.8 Å². The highest BCUT2D eigenvalue weighted by molar-refractivity contribution is 7.87. The second kappa shape index (κ2) is 5.51. The van der Waals surface area contributed by atoms with E-state index in [1.54, 1.807) is 0 Å². The molecule has 9 heteroatoms. The van der Waals surface area contributed by atoms with Crippen molar-refractivity contribution in [1.82, 2.24) is 9.44 Å². The average Bonchev–Trinajstić information content (AvgIpc) is 2.18. The molecule has 0 radical (unpaired) electrons. The van der Waals surface area contributed by atoms with E-state index >= 15 is 0 Å². The van der Waals surface area contributed by atoms with Gasteiger partial charge < -0.3 is 5.73 Å². The third-order valence-corrected chi connectivity index (χ3v) is 3.73. The molecule has 0 aromatic heterocycles. The summed E-state index contributed by atoms with van der Waals surface area (Å²) < 4.78 is 61.8. The first-order chi connectivity index (χ1) is 7.70. The molecule has 0 amide bonds. The SMILES string of the molecule is NC1CCCCC1NS(=O)(=O)NCC(F)(F)F. The molecule has 0 spiro atoms. The minimum Gasteiger partial charge on any atom is -0.326 e. The molecule has 1 aliphatic carbocycles. The molecule has 0 aliphatic heterocycles. The number of hydrogen-bond acceptors (Lipinski definition) is 3. The van der Waals surface area contributed by atoms with Crippen molar-refractivity contribution < 1.29 is 21.6 Å². The third-order valence-electron chi connectivity index (χ3n) is 2.59. The summed E-state index contributed by atoms with van der Waals surface area (Å²) in [6.45, 7) is -1.58. The molecule has 4 N–H and O–H groups in total. The van der Waals surface area contributed by atoms with E-state index in [0.717, 1.165) is 12.8 Å². The van der Waals surface area contributed by atoms with Crippen LogP contribution in [0.25, 0.3) is 0 Å². The Balaban J connectivity index is 2.48. The van der Waals surface area contributed by atoms with Crippen molar-refractivity contribution >= 4 is 10.2 Å². The van der Waals surface area contributed by atoms with Gasteiger partial charge in [0.05, 0.1) is 0 Å². The fraction of sp³-hybridized carbons (Fsp3) is 1.00. The second-order valence-electron chi connectivity index (χ2n) is 4.11. The summed E-state index contributed by atoms with van der Waals surface area (Å²) >= 11 is 0. The van der Waals surface area contributed by atoms with E-state index < -0.39 is 29.0 Å². The van der Waals surface area contributed by atoms with Gasteiger partial charge in [-0.15, -0.1) is 0 Å². The Morgan fingerprint density at radius 1 is 1.24 bits per heavy atom. The van der Waals surface area contributed by atoms with Gasteiger partial charge in [-0.2, -0.15) is 31.0 Å². The van der Waals surface area contributed by atoms with E-state index in [4.69, 9.17) is 5.73 Å². The molecule has 2 atom stereocenters. The van der Waals surface area contributed by atoms with Crippen molar-refractivity contribution in [2.45, 2.75) is 43.9 Å². The van der Waals surface area contributed by atoms with E-state index in [1.807, 2.05) is 0 Å². The summed E-state index contributed by atoms with van der Waals surface area (Å²) in [6, 6.07) is -0.833. The zero-order chi connectivity index (χ0) is 13.1. The molecular weight excluding hydrogens is 259 g/mol. The van der Waals surface area contributed by atoms with Gasteiger partial charge in [0.15, 0.2) is 0 Å². The van der Waals surface area contributed by atoms with E-state index in [9.17, 15) is 21.6 Å². The van der Waals surface area contributed by atoms with Crippen LogP contribution in [0, 0.1) is 0 Å². The average molecular weight is 275 g/mol. The Bertz CT molecular complexity index is 344. The highest BCUT2D eigenvalue weighted by Gasteiger charge is 2.31. The Labute approximate surface area is 98.1 Å².